The van der Waals surface area contributed by atoms with Crippen LogP contribution in [0.4, 0.5) is 0 Å². The van der Waals surface area contributed by atoms with E-state index in [1.54, 1.807) is 0 Å². The standard InChI is InChI=1S/C15H17N5O/c1-9(16)14-18-19-15(20(14)11-3-4-11)21-12-5-2-10-6-7-17-13(10)8-12/h2,5-9,11,17H,3-4,16H2,1H3/t9-/m1/s1. The number of aromatic nitrogens is 4. The molecule has 0 radical (unpaired) electrons. The van der Waals surface area contributed by atoms with E-state index >= 15 is 0 Å². The predicted octanol–water partition coefficient (Wildman–Crippen LogP) is 2.91. The number of ether oxygens (including phenoxy) is 1. The van der Waals surface area contributed by atoms with Gasteiger partial charge in [-0.05, 0) is 43.4 Å². The van der Waals surface area contributed by atoms with Crippen LogP contribution in [-0.2, 0) is 0 Å². The van der Waals surface area contributed by atoms with Crippen LogP contribution in [0, 0.1) is 0 Å². The first-order valence-corrected chi connectivity index (χ1v) is 7.18. The summed E-state index contributed by atoms with van der Waals surface area (Å²) in [6.07, 6.45) is 4.17. The monoisotopic (exact) mass is 283 g/mol. The predicted molar refractivity (Wildman–Crippen MR) is 79.3 cm³/mol. The third kappa shape index (κ3) is 2.17. The smallest absolute Gasteiger partial charge is 0.322 e. The van der Waals surface area contributed by atoms with Crippen LogP contribution in [0.3, 0.4) is 0 Å². The first kappa shape index (κ1) is 12.4. The van der Waals surface area contributed by atoms with Gasteiger partial charge in [-0.25, -0.2) is 0 Å². The molecule has 4 rings (SSSR count). The fourth-order valence-corrected chi connectivity index (χ4v) is 2.54. The maximum atomic E-state index is 5.96. The van der Waals surface area contributed by atoms with Crippen LogP contribution in [-0.4, -0.2) is 19.7 Å². The molecule has 0 bridgehead atoms. The van der Waals surface area contributed by atoms with Crippen LogP contribution in [0.5, 0.6) is 11.8 Å². The summed E-state index contributed by atoms with van der Waals surface area (Å²) in [5.74, 6) is 1.53. The van der Waals surface area contributed by atoms with Crippen molar-refractivity contribution in [1.29, 1.82) is 0 Å². The number of benzene rings is 1. The molecule has 2 heterocycles. The Hall–Kier alpha value is -2.34. The SMILES string of the molecule is C[C@@H](N)c1nnc(Oc2ccc3cc[nH]c3c2)n1C1CC1. The molecule has 1 atom stereocenters. The van der Waals surface area contributed by atoms with Crippen LogP contribution in [0.25, 0.3) is 10.9 Å². The first-order chi connectivity index (χ1) is 10.2. The second-order valence-electron chi connectivity index (χ2n) is 5.56. The first-order valence-electron chi connectivity index (χ1n) is 7.18. The summed E-state index contributed by atoms with van der Waals surface area (Å²) in [7, 11) is 0. The van der Waals surface area contributed by atoms with E-state index in [1.165, 1.54) is 0 Å². The van der Waals surface area contributed by atoms with E-state index < -0.39 is 0 Å². The number of hydrogen-bond acceptors (Lipinski definition) is 4. The Morgan fingerprint density at radius 3 is 2.95 bits per heavy atom. The van der Waals surface area contributed by atoms with Gasteiger partial charge in [0.25, 0.3) is 0 Å². The van der Waals surface area contributed by atoms with Crippen molar-refractivity contribution in [2.45, 2.75) is 31.8 Å². The number of nitrogens with one attached hydrogen (secondary N) is 1. The van der Waals surface area contributed by atoms with E-state index in [0.717, 1.165) is 35.3 Å². The highest BCUT2D eigenvalue weighted by atomic mass is 16.5. The lowest BCUT2D eigenvalue weighted by atomic mass is 10.2. The molecular weight excluding hydrogens is 266 g/mol. The lowest BCUT2D eigenvalue weighted by Gasteiger charge is -2.11. The van der Waals surface area contributed by atoms with Gasteiger partial charge < -0.3 is 15.5 Å². The average molecular weight is 283 g/mol. The molecule has 2 aromatic heterocycles. The number of hydrogen-bond donors (Lipinski definition) is 2. The third-order valence-corrected chi connectivity index (χ3v) is 3.75. The van der Waals surface area contributed by atoms with Gasteiger partial charge in [-0.2, -0.15) is 0 Å². The van der Waals surface area contributed by atoms with Crippen molar-refractivity contribution < 1.29 is 4.74 Å². The highest BCUT2D eigenvalue weighted by Crippen LogP contribution is 2.40. The Labute approximate surface area is 121 Å². The van der Waals surface area contributed by atoms with Gasteiger partial charge in [-0.1, -0.05) is 5.10 Å². The van der Waals surface area contributed by atoms with Crippen molar-refractivity contribution in [3.63, 3.8) is 0 Å². The number of fused-ring (bicyclic) bond motifs is 1. The molecule has 1 aliphatic rings. The third-order valence-electron chi connectivity index (χ3n) is 3.75. The molecule has 21 heavy (non-hydrogen) atoms. The van der Waals surface area contributed by atoms with Crippen molar-refractivity contribution >= 4 is 10.9 Å². The van der Waals surface area contributed by atoms with Gasteiger partial charge >= 0.3 is 6.01 Å². The zero-order valence-corrected chi connectivity index (χ0v) is 11.8. The summed E-state index contributed by atoms with van der Waals surface area (Å²) < 4.78 is 7.96. The van der Waals surface area contributed by atoms with Crippen molar-refractivity contribution in [2.75, 3.05) is 0 Å². The molecular formula is C15H17N5O. The molecule has 1 saturated carbocycles. The van der Waals surface area contributed by atoms with Crippen LogP contribution in [0.2, 0.25) is 0 Å². The second kappa shape index (κ2) is 4.60. The zero-order valence-electron chi connectivity index (χ0n) is 11.8. The minimum Gasteiger partial charge on any atom is -0.424 e. The van der Waals surface area contributed by atoms with Crippen LogP contribution < -0.4 is 10.5 Å². The highest BCUT2D eigenvalue weighted by Gasteiger charge is 2.31. The van der Waals surface area contributed by atoms with Crippen LogP contribution >= 0.6 is 0 Å². The average Bonchev–Trinajstić information content (AvgIpc) is 3.04. The van der Waals surface area contributed by atoms with E-state index in [1.807, 2.05) is 42.0 Å². The lowest BCUT2D eigenvalue weighted by molar-refractivity contribution is 0.406. The summed E-state index contributed by atoms with van der Waals surface area (Å²) in [6.45, 7) is 1.91. The molecule has 1 aromatic carbocycles. The van der Waals surface area contributed by atoms with Crippen molar-refractivity contribution in [2.24, 2.45) is 5.73 Å². The maximum absolute atomic E-state index is 5.96. The Bertz CT molecular complexity index is 784. The molecule has 0 amide bonds. The molecule has 1 fully saturated rings. The van der Waals surface area contributed by atoms with E-state index in [-0.39, 0.29) is 6.04 Å². The summed E-state index contributed by atoms with van der Waals surface area (Å²) >= 11 is 0. The summed E-state index contributed by atoms with van der Waals surface area (Å²) in [4.78, 5) is 3.18. The molecule has 3 aromatic rings. The molecule has 3 N–H and O–H groups in total. The van der Waals surface area contributed by atoms with Crippen LogP contribution in [0.15, 0.2) is 30.5 Å². The number of nitrogens with zero attached hydrogens (tertiary/aromatic N) is 3. The van der Waals surface area contributed by atoms with Gasteiger partial charge in [-0.15, -0.1) is 5.10 Å². The van der Waals surface area contributed by atoms with E-state index in [4.69, 9.17) is 10.5 Å². The minimum absolute atomic E-state index is 0.152. The molecule has 6 heteroatoms. The van der Waals surface area contributed by atoms with Crippen LogP contribution in [0.1, 0.15) is 37.7 Å². The zero-order chi connectivity index (χ0) is 14.4. The topological polar surface area (TPSA) is 81.8 Å². The quantitative estimate of drug-likeness (QED) is 0.771. The van der Waals surface area contributed by atoms with Gasteiger partial charge in [0, 0.05) is 23.8 Å². The highest BCUT2D eigenvalue weighted by molar-refractivity contribution is 5.80. The number of H-pyrrole nitrogens is 1. The minimum atomic E-state index is -0.152. The fourth-order valence-electron chi connectivity index (χ4n) is 2.54. The van der Waals surface area contributed by atoms with E-state index in [9.17, 15) is 0 Å². The number of aromatic amines is 1. The van der Waals surface area contributed by atoms with E-state index in [0.29, 0.717) is 12.1 Å². The number of nitrogens with two attached hydrogens (primary N) is 1. The van der Waals surface area contributed by atoms with Crippen molar-refractivity contribution in [1.82, 2.24) is 19.7 Å². The normalized spacial score (nSPS) is 16.3. The van der Waals surface area contributed by atoms with Gasteiger partial charge in [-0.3, -0.25) is 4.57 Å². The van der Waals surface area contributed by atoms with Crippen molar-refractivity contribution in [3.05, 3.63) is 36.3 Å². The Kier molecular flexibility index (Phi) is 2.71. The van der Waals surface area contributed by atoms with Crippen molar-refractivity contribution in [3.8, 4) is 11.8 Å². The van der Waals surface area contributed by atoms with E-state index in [2.05, 4.69) is 15.2 Å². The van der Waals surface area contributed by atoms with Gasteiger partial charge in [0.15, 0.2) is 5.82 Å². The molecule has 0 saturated heterocycles. The molecule has 0 unspecified atom stereocenters. The number of rotatable bonds is 4. The second-order valence-corrected chi connectivity index (χ2v) is 5.56. The van der Waals surface area contributed by atoms with Gasteiger partial charge in [0.2, 0.25) is 0 Å². The van der Waals surface area contributed by atoms with Gasteiger partial charge in [0.1, 0.15) is 5.75 Å². The summed E-state index contributed by atoms with van der Waals surface area (Å²) in [6, 6.07) is 8.74. The molecule has 108 valence electrons. The molecule has 0 spiro atoms. The Morgan fingerprint density at radius 2 is 2.19 bits per heavy atom. The molecule has 0 aliphatic heterocycles. The van der Waals surface area contributed by atoms with Gasteiger partial charge in [0.05, 0.1) is 6.04 Å². The molecule has 6 nitrogen and oxygen atoms in total. The summed E-state index contributed by atoms with van der Waals surface area (Å²) in [5, 5.41) is 9.50. The summed E-state index contributed by atoms with van der Waals surface area (Å²) in [5.41, 5.74) is 7.00. The largest absolute Gasteiger partial charge is 0.424 e. The molecule has 1 aliphatic carbocycles. The lowest BCUT2D eigenvalue weighted by Crippen LogP contribution is -2.13. The fraction of sp³-hybridized carbons (Fsp3) is 0.333. The Morgan fingerprint density at radius 1 is 1.33 bits per heavy atom. The maximum Gasteiger partial charge on any atom is 0.322 e. The Balaban J connectivity index is 1.70.